The van der Waals surface area contributed by atoms with Crippen LogP contribution >= 0.6 is 22.6 Å². The quantitative estimate of drug-likeness (QED) is 0.552. The standard InChI is InChI=1S/C8H16INO/c1-3-6-10(7-5-9)8(11)4-2/h3-7H2,1-2H3. The van der Waals surface area contributed by atoms with Crippen LogP contribution < -0.4 is 0 Å². The largest absolute Gasteiger partial charge is 0.342 e. The Hall–Kier alpha value is 0.200. The van der Waals surface area contributed by atoms with Crippen molar-refractivity contribution in [3.05, 3.63) is 0 Å². The first-order chi connectivity index (χ1) is 5.26. The molecule has 66 valence electrons. The molecule has 0 aliphatic rings. The van der Waals surface area contributed by atoms with E-state index in [1.807, 2.05) is 11.8 Å². The number of halogens is 1. The van der Waals surface area contributed by atoms with Gasteiger partial charge in [-0.1, -0.05) is 36.4 Å². The van der Waals surface area contributed by atoms with Gasteiger partial charge in [-0.2, -0.15) is 0 Å². The highest BCUT2D eigenvalue weighted by molar-refractivity contribution is 14.1. The Labute approximate surface area is 82.5 Å². The van der Waals surface area contributed by atoms with Crippen molar-refractivity contribution in [2.45, 2.75) is 26.7 Å². The lowest BCUT2D eigenvalue weighted by atomic mass is 10.3. The van der Waals surface area contributed by atoms with Crippen molar-refractivity contribution >= 4 is 28.5 Å². The van der Waals surface area contributed by atoms with Crippen LogP contribution in [0.4, 0.5) is 0 Å². The minimum absolute atomic E-state index is 0.281. The first-order valence-electron chi connectivity index (χ1n) is 4.10. The lowest BCUT2D eigenvalue weighted by Crippen LogP contribution is -2.32. The topological polar surface area (TPSA) is 20.3 Å². The predicted octanol–water partition coefficient (Wildman–Crippen LogP) is 2.07. The molecule has 0 rings (SSSR count). The number of amides is 1. The molecule has 11 heavy (non-hydrogen) atoms. The minimum Gasteiger partial charge on any atom is -0.342 e. The fourth-order valence-corrected chi connectivity index (χ4v) is 1.54. The Morgan fingerprint density at radius 1 is 1.36 bits per heavy atom. The fraction of sp³-hybridized carbons (Fsp3) is 0.875. The molecule has 0 heterocycles. The van der Waals surface area contributed by atoms with Crippen LogP contribution in [0.2, 0.25) is 0 Å². The lowest BCUT2D eigenvalue weighted by molar-refractivity contribution is -0.130. The molecule has 2 nitrogen and oxygen atoms in total. The van der Waals surface area contributed by atoms with Crippen molar-refractivity contribution in [1.29, 1.82) is 0 Å². The molecule has 3 heteroatoms. The van der Waals surface area contributed by atoms with Gasteiger partial charge >= 0.3 is 0 Å². The van der Waals surface area contributed by atoms with Crippen LogP contribution in [0, 0.1) is 0 Å². The zero-order valence-corrected chi connectivity index (χ0v) is 9.43. The van der Waals surface area contributed by atoms with Crippen LogP contribution in [0.1, 0.15) is 26.7 Å². The van der Waals surface area contributed by atoms with Gasteiger partial charge in [0.05, 0.1) is 0 Å². The maximum Gasteiger partial charge on any atom is 0.222 e. The summed E-state index contributed by atoms with van der Waals surface area (Å²) in [6, 6.07) is 0. The van der Waals surface area contributed by atoms with Crippen molar-refractivity contribution < 1.29 is 4.79 Å². The second kappa shape index (κ2) is 6.88. The summed E-state index contributed by atoms with van der Waals surface area (Å²) in [5, 5.41) is 0. The van der Waals surface area contributed by atoms with Gasteiger partial charge in [0.25, 0.3) is 0 Å². The molecular weight excluding hydrogens is 253 g/mol. The molecule has 0 saturated carbocycles. The fourth-order valence-electron chi connectivity index (χ4n) is 0.957. The second-order valence-electron chi connectivity index (χ2n) is 2.42. The summed E-state index contributed by atoms with van der Waals surface area (Å²) in [5.74, 6) is 0.281. The predicted molar refractivity (Wildman–Crippen MR) is 56.0 cm³/mol. The highest BCUT2D eigenvalue weighted by Crippen LogP contribution is 1.97. The summed E-state index contributed by atoms with van der Waals surface area (Å²) in [6.45, 7) is 5.83. The molecule has 0 spiro atoms. The Morgan fingerprint density at radius 2 is 2.00 bits per heavy atom. The summed E-state index contributed by atoms with van der Waals surface area (Å²) in [5.41, 5.74) is 0. The lowest BCUT2D eigenvalue weighted by Gasteiger charge is -2.19. The van der Waals surface area contributed by atoms with Crippen molar-refractivity contribution in [2.75, 3.05) is 17.5 Å². The van der Waals surface area contributed by atoms with Crippen LogP contribution in [0.5, 0.6) is 0 Å². The van der Waals surface area contributed by atoms with Crippen molar-refractivity contribution in [3.63, 3.8) is 0 Å². The van der Waals surface area contributed by atoms with Gasteiger partial charge < -0.3 is 4.90 Å². The highest BCUT2D eigenvalue weighted by Gasteiger charge is 2.07. The first kappa shape index (κ1) is 11.2. The molecule has 0 aliphatic heterocycles. The van der Waals surface area contributed by atoms with Crippen molar-refractivity contribution in [3.8, 4) is 0 Å². The van der Waals surface area contributed by atoms with Gasteiger partial charge in [0.15, 0.2) is 0 Å². The maximum atomic E-state index is 11.2. The molecule has 0 unspecified atom stereocenters. The van der Waals surface area contributed by atoms with E-state index in [0.717, 1.165) is 23.9 Å². The zero-order valence-electron chi connectivity index (χ0n) is 7.27. The third-order valence-electron chi connectivity index (χ3n) is 1.50. The summed E-state index contributed by atoms with van der Waals surface area (Å²) in [7, 11) is 0. The average molecular weight is 269 g/mol. The van der Waals surface area contributed by atoms with Gasteiger partial charge in [-0.05, 0) is 6.42 Å². The van der Waals surface area contributed by atoms with Gasteiger partial charge in [0, 0.05) is 23.9 Å². The molecule has 1 amide bonds. The minimum atomic E-state index is 0.281. The smallest absolute Gasteiger partial charge is 0.222 e. The Bertz CT molecular complexity index is 111. The summed E-state index contributed by atoms with van der Waals surface area (Å²) in [6.07, 6.45) is 1.69. The molecule has 0 atom stereocenters. The molecule has 0 saturated heterocycles. The Morgan fingerprint density at radius 3 is 2.36 bits per heavy atom. The Kier molecular flexibility index (Phi) is 7.01. The number of hydrogen-bond donors (Lipinski definition) is 0. The number of hydrogen-bond acceptors (Lipinski definition) is 1. The SMILES string of the molecule is CCCN(CCI)C(=O)CC. The summed E-state index contributed by atoms with van der Waals surface area (Å²) >= 11 is 2.30. The monoisotopic (exact) mass is 269 g/mol. The van der Waals surface area contributed by atoms with E-state index in [1.165, 1.54) is 0 Å². The van der Waals surface area contributed by atoms with Gasteiger partial charge in [0.1, 0.15) is 0 Å². The summed E-state index contributed by atoms with van der Waals surface area (Å²) in [4.78, 5) is 13.2. The number of alkyl halides is 1. The van der Waals surface area contributed by atoms with Gasteiger partial charge in [-0.25, -0.2) is 0 Å². The van der Waals surface area contributed by atoms with Crippen LogP contribution in [-0.2, 0) is 4.79 Å². The van der Waals surface area contributed by atoms with Gasteiger partial charge in [0.2, 0.25) is 5.91 Å². The summed E-state index contributed by atoms with van der Waals surface area (Å²) < 4.78 is 1.03. The molecule has 0 aromatic heterocycles. The third-order valence-corrected chi connectivity index (χ3v) is 1.99. The van der Waals surface area contributed by atoms with E-state index in [1.54, 1.807) is 0 Å². The number of carbonyl (C=O) groups is 1. The second-order valence-corrected chi connectivity index (χ2v) is 3.50. The van der Waals surface area contributed by atoms with Crippen molar-refractivity contribution in [1.82, 2.24) is 4.90 Å². The van der Waals surface area contributed by atoms with E-state index in [2.05, 4.69) is 29.5 Å². The van der Waals surface area contributed by atoms with Crippen LogP contribution in [-0.4, -0.2) is 28.3 Å². The molecule has 0 N–H and O–H groups in total. The third kappa shape index (κ3) is 4.61. The van der Waals surface area contributed by atoms with E-state index < -0.39 is 0 Å². The van der Waals surface area contributed by atoms with Gasteiger partial charge in [-0.15, -0.1) is 0 Å². The Balaban J connectivity index is 3.76. The van der Waals surface area contributed by atoms with Crippen LogP contribution in [0.3, 0.4) is 0 Å². The molecule has 0 radical (unpaired) electrons. The van der Waals surface area contributed by atoms with Gasteiger partial charge in [-0.3, -0.25) is 4.79 Å². The number of rotatable bonds is 5. The van der Waals surface area contributed by atoms with Crippen LogP contribution in [0.25, 0.3) is 0 Å². The average Bonchev–Trinajstić information content (AvgIpc) is 2.03. The van der Waals surface area contributed by atoms with E-state index >= 15 is 0 Å². The van der Waals surface area contributed by atoms with E-state index in [9.17, 15) is 4.79 Å². The molecule has 0 fully saturated rings. The van der Waals surface area contributed by atoms with Crippen molar-refractivity contribution in [2.24, 2.45) is 0 Å². The van der Waals surface area contributed by atoms with E-state index in [0.29, 0.717) is 6.42 Å². The van der Waals surface area contributed by atoms with E-state index in [4.69, 9.17) is 0 Å². The molecule has 0 aromatic rings. The molecule has 0 aliphatic carbocycles. The first-order valence-corrected chi connectivity index (χ1v) is 5.62. The van der Waals surface area contributed by atoms with Crippen LogP contribution in [0.15, 0.2) is 0 Å². The number of carbonyl (C=O) groups excluding carboxylic acids is 1. The zero-order chi connectivity index (χ0) is 8.69. The maximum absolute atomic E-state index is 11.2. The molecular formula is C8H16INO. The highest BCUT2D eigenvalue weighted by atomic mass is 127. The number of nitrogens with zero attached hydrogens (tertiary/aromatic N) is 1. The molecule has 0 bridgehead atoms. The van der Waals surface area contributed by atoms with E-state index in [-0.39, 0.29) is 5.91 Å². The molecule has 0 aromatic carbocycles. The normalized spacial score (nSPS) is 9.73.